The molecule has 2 fully saturated rings. The van der Waals surface area contributed by atoms with E-state index < -0.39 is 6.10 Å². The lowest BCUT2D eigenvalue weighted by Gasteiger charge is -2.26. The molecule has 2 heterocycles. The van der Waals surface area contributed by atoms with Crippen LogP contribution in [0.1, 0.15) is 30.9 Å². The van der Waals surface area contributed by atoms with Crippen LogP contribution < -0.4 is 10.2 Å². The summed E-state index contributed by atoms with van der Waals surface area (Å²) in [7, 11) is 0. The van der Waals surface area contributed by atoms with Gasteiger partial charge in [0.15, 0.2) is 0 Å². The van der Waals surface area contributed by atoms with Gasteiger partial charge < -0.3 is 15.3 Å². The first-order valence-corrected chi connectivity index (χ1v) is 8.45. The van der Waals surface area contributed by atoms with E-state index in [4.69, 9.17) is 0 Å². The Kier molecular flexibility index (Phi) is 4.06. The number of rotatable bonds is 5. The highest BCUT2D eigenvalue weighted by atomic mass is 19.1. The molecule has 126 valence electrons. The van der Waals surface area contributed by atoms with Crippen molar-refractivity contribution >= 4 is 11.6 Å². The third-order valence-electron chi connectivity index (χ3n) is 4.75. The van der Waals surface area contributed by atoms with E-state index in [2.05, 4.69) is 20.2 Å². The van der Waals surface area contributed by atoms with Gasteiger partial charge in [0.2, 0.25) is 0 Å². The van der Waals surface area contributed by atoms with Crippen molar-refractivity contribution in [3.63, 3.8) is 0 Å². The summed E-state index contributed by atoms with van der Waals surface area (Å²) in [6.45, 7) is 1.46. The molecule has 0 radical (unpaired) electrons. The van der Waals surface area contributed by atoms with Crippen molar-refractivity contribution in [2.45, 2.75) is 31.4 Å². The number of hydrogen-bond acceptors (Lipinski definition) is 5. The molecule has 2 aliphatic rings. The molecule has 1 aliphatic heterocycles. The number of aliphatic hydroxyl groups is 1. The van der Waals surface area contributed by atoms with Crippen molar-refractivity contribution in [3.8, 4) is 0 Å². The van der Waals surface area contributed by atoms with Crippen LogP contribution in [0.25, 0.3) is 0 Å². The maximum atomic E-state index is 13.2. The lowest BCUT2D eigenvalue weighted by atomic mass is 10.0. The van der Waals surface area contributed by atoms with E-state index >= 15 is 0 Å². The van der Waals surface area contributed by atoms with E-state index in [0.717, 1.165) is 29.7 Å². The summed E-state index contributed by atoms with van der Waals surface area (Å²) < 4.78 is 13.2. The Morgan fingerprint density at radius 1 is 1.21 bits per heavy atom. The van der Waals surface area contributed by atoms with Crippen LogP contribution in [-0.4, -0.2) is 34.3 Å². The molecule has 1 saturated carbocycles. The Hall–Kier alpha value is -2.21. The van der Waals surface area contributed by atoms with Crippen molar-refractivity contribution in [3.05, 3.63) is 48.0 Å². The van der Waals surface area contributed by atoms with Crippen LogP contribution in [0.15, 0.2) is 36.7 Å². The molecular weight excluding hydrogens is 307 g/mol. The van der Waals surface area contributed by atoms with Crippen LogP contribution in [0, 0.1) is 11.7 Å². The summed E-state index contributed by atoms with van der Waals surface area (Å²) in [5, 5.41) is 13.5. The molecule has 0 spiro atoms. The molecule has 0 amide bonds. The number of benzene rings is 1. The van der Waals surface area contributed by atoms with Gasteiger partial charge in [-0.1, -0.05) is 12.1 Å². The molecule has 1 saturated heterocycles. The van der Waals surface area contributed by atoms with Crippen LogP contribution in [0.2, 0.25) is 0 Å². The highest BCUT2D eigenvalue weighted by Gasteiger charge is 2.33. The van der Waals surface area contributed by atoms with E-state index in [1.807, 2.05) is 6.07 Å². The molecule has 2 atom stereocenters. The third kappa shape index (κ3) is 3.33. The molecule has 2 aromatic rings. The molecule has 1 aliphatic carbocycles. The maximum Gasteiger partial charge on any atom is 0.134 e. The third-order valence-corrected chi connectivity index (χ3v) is 4.75. The topological polar surface area (TPSA) is 61.3 Å². The number of β-amino-alcohol motifs (C(OH)–C–C–N with tert-alkyl or cyclic N) is 1. The Bertz CT molecular complexity index is 704. The summed E-state index contributed by atoms with van der Waals surface area (Å²) >= 11 is 0. The highest BCUT2D eigenvalue weighted by Crippen LogP contribution is 2.36. The number of aliphatic hydroxyl groups excluding tert-OH is 1. The van der Waals surface area contributed by atoms with Gasteiger partial charge in [0, 0.05) is 19.2 Å². The van der Waals surface area contributed by atoms with Crippen molar-refractivity contribution in [1.82, 2.24) is 9.97 Å². The SMILES string of the molecule is O[C@H]1C[C@H](c2ccc(F)cc2)N(c2cc(NCC3CC3)ncn2)C1. The van der Waals surface area contributed by atoms with E-state index in [1.54, 1.807) is 18.5 Å². The predicted octanol–water partition coefficient (Wildman–Crippen LogP) is 2.75. The van der Waals surface area contributed by atoms with E-state index in [0.29, 0.717) is 13.0 Å². The zero-order valence-corrected chi connectivity index (χ0v) is 13.4. The van der Waals surface area contributed by atoms with Gasteiger partial charge >= 0.3 is 0 Å². The van der Waals surface area contributed by atoms with Gasteiger partial charge in [0.05, 0.1) is 12.1 Å². The number of nitrogens with one attached hydrogen (secondary N) is 1. The van der Waals surface area contributed by atoms with Crippen molar-refractivity contribution in [2.75, 3.05) is 23.3 Å². The molecule has 5 nitrogen and oxygen atoms in total. The van der Waals surface area contributed by atoms with E-state index in [-0.39, 0.29) is 11.9 Å². The van der Waals surface area contributed by atoms with Crippen molar-refractivity contribution in [1.29, 1.82) is 0 Å². The molecule has 4 rings (SSSR count). The smallest absolute Gasteiger partial charge is 0.134 e. The Balaban J connectivity index is 1.56. The van der Waals surface area contributed by atoms with E-state index in [9.17, 15) is 9.50 Å². The second-order valence-corrected chi connectivity index (χ2v) is 6.69. The normalized spacial score (nSPS) is 23.5. The van der Waals surface area contributed by atoms with Crippen LogP contribution in [0.4, 0.5) is 16.0 Å². The Labute approximate surface area is 140 Å². The second kappa shape index (κ2) is 6.36. The minimum absolute atomic E-state index is 0.00761. The average Bonchev–Trinajstić information content (AvgIpc) is 3.34. The van der Waals surface area contributed by atoms with Crippen LogP contribution in [-0.2, 0) is 0 Å². The van der Waals surface area contributed by atoms with Gasteiger partial charge in [0.1, 0.15) is 23.8 Å². The highest BCUT2D eigenvalue weighted by molar-refractivity contribution is 5.51. The first-order valence-electron chi connectivity index (χ1n) is 8.45. The zero-order valence-electron chi connectivity index (χ0n) is 13.4. The monoisotopic (exact) mass is 328 g/mol. The first-order chi connectivity index (χ1) is 11.7. The van der Waals surface area contributed by atoms with Gasteiger partial charge in [-0.05, 0) is 42.9 Å². The summed E-state index contributed by atoms with van der Waals surface area (Å²) in [5.74, 6) is 2.11. The molecule has 0 bridgehead atoms. The van der Waals surface area contributed by atoms with Crippen LogP contribution >= 0.6 is 0 Å². The maximum absolute atomic E-state index is 13.2. The first kappa shape index (κ1) is 15.3. The number of hydrogen-bond donors (Lipinski definition) is 2. The van der Waals surface area contributed by atoms with Gasteiger partial charge in [-0.2, -0.15) is 0 Å². The molecule has 1 aromatic carbocycles. The summed E-state index contributed by atoms with van der Waals surface area (Å²) in [4.78, 5) is 10.7. The molecule has 6 heteroatoms. The van der Waals surface area contributed by atoms with Crippen LogP contribution in [0.3, 0.4) is 0 Å². The van der Waals surface area contributed by atoms with Crippen LogP contribution in [0.5, 0.6) is 0 Å². The zero-order chi connectivity index (χ0) is 16.5. The lowest BCUT2D eigenvalue weighted by molar-refractivity contribution is 0.194. The van der Waals surface area contributed by atoms with Gasteiger partial charge in [-0.15, -0.1) is 0 Å². The Morgan fingerprint density at radius 2 is 2.00 bits per heavy atom. The van der Waals surface area contributed by atoms with Crippen molar-refractivity contribution in [2.24, 2.45) is 5.92 Å². The van der Waals surface area contributed by atoms with Gasteiger partial charge in [-0.3, -0.25) is 0 Å². The molecule has 0 unspecified atom stereocenters. The average molecular weight is 328 g/mol. The fourth-order valence-electron chi connectivity index (χ4n) is 3.24. The fourth-order valence-corrected chi connectivity index (χ4v) is 3.24. The molecule has 24 heavy (non-hydrogen) atoms. The second-order valence-electron chi connectivity index (χ2n) is 6.69. The summed E-state index contributed by atoms with van der Waals surface area (Å²) in [6.07, 6.45) is 4.32. The molecule has 2 N–H and O–H groups in total. The minimum Gasteiger partial charge on any atom is -0.391 e. The van der Waals surface area contributed by atoms with E-state index in [1.165, 1.54) is 25.0 Å². The number of nitrogens with zero attached hydrogens (tertiary/aromatic N) is 3. The predicted molar refractivity (Wildman–Crippen MR) is 90.4 cm³/mol. The van der Waals surface area contributed by atoms with Crippen molar-refractivity contribution < 1.29 is 9.50 Å². The quantitative estimate of drug-likeness (QED) is 0.884. The van der Waals surface area contributed by atoms with Gasteiger partial charge in [-0.25, -0.2) is 14.4 Å². The standard InChI is InChI=1S/C18H21FN4O/c19-14-5-3-13(4-6-14)16-7-15(24)10-23(16)18-8-17(21-11-22-18)20-9-12-1-2-12/h3-6,8,11-12,15-16,24H,1-2,7,9-10H2,(H,20,21,22)/t15-,16+/m0/s1. The summed E-state index contributed by atoms with van der Waals surface area (Å²) in [5.41, 5.74) is 0.985. The number of halogens is 1. The number of aromatic nitrogens is 2. The fraction of sp³-hybridized carbons (Fsp3) is 0.444. The Morgan fingerprint density at radius 3 is 2.75 bits per heavy atom. The summed E-state index contributed by atoms with van der Waals surface area (Å²) in [6, 6.07) is 8.39. The largest absolute Gasteiger partial charge is 0.391 e. The molecule has 1 aromatic heterocycles. The lowest BCUT2D eigenvalue weighted by Crippen LogP contribution is -2.25. The van der Waals surface area contributed by atoms with Gasteiger partial charge in [0.25, 0.3) is 0 Å². The molecular formula is C18H21FN4O. The minimum atomic E-state index is -0.419. The number of anilines is 2.